The van der Waals surface area contributed by atoms with Crippen molar-refractivity contribution in [3.63, 3.8) is 0 Å². The monoisotopic (exact) mass is 309 g/mol. The van der Waals surface area contributed by atoms with Gasteiger partial charge in [0, 0.05) is 31.7 Å². The number of nitrogens with zero attached hydrogens (tertiary/aromatic N) is 2. The van der Waals surface area contributed by atoms with Crippen LogP contribution in [0.4, 0.5) is 5.82 Å². The number of benzene rings is 1. The number of nitrogens with one attached hydrogen (secondary N) is 1. The maximum Gasteiger partial charge on any atom is 0.254 e. The zero-order valence-corrected chi connectivity index (χ0v) is 13.9. The molecule has 1 fully saturated rings. The summed E-state index contributed by atoms with van der Waals surface area (Å²) in [6.45, 7) is 5.27. The maximum absolute atomic E-state index is 12.1. The van der Waals surface area contributed by atoms with Crippen LogP contribution in [-0.4, -0.2) is 30.5 Å². The second-order valence-corrected chi connectivity index (χ2v) is 6.24. The molecule has 4 nitrogen and oxygen atoms in total. The van der Waals surface area contributed by atoms with Crippen LogP contribution in [0.3, 0.4) is 0 Å². The minimum absolute atomic E-state index is 0.0837. The van der Waals surface area contributed by atoms with E-state index in [1.54, 1.807) is 13.2 Å². The summed E-state index contributed by atoms with van der Waals surface area (Å²) in [4.78, 5) is 18.9. The number of carbonyl (C=O) groups is 1. The number of carbonyl (C=O) groups excluding carboxylic acids is 1. The molecule has 0 radical (unpaired) electrons. The third-order valence-corrected chi connectivity index (χ3v) is 4.73. The molecule has 0 saturated carbocycles. The van der Waals surface area contributed by atoms with Gasteiger partial charge in [-0.3, -0.25) is 4.79 Å². The third kappa shape index (κ3) is 2.93. The quantitative estimate of drug-likeness (QED) is 0.947. The van der Waals surface area contributed by atoms with Gasteiger partial charge in [-0.2, -0.15) is 0 Å². The number of hydrogen-bond donors (Lipinski definition) is 1. The summed E-state index contributed by atoms with van der Waals surface area (Å²) in [5, 5.41) is 2.71. The van der Waals surface area contributed by atoms with E-state index in [9.17, 15) is 4.79 Å². The maximum atomic E-state index is 12.1. The van der Waals surface area contributed by atoms with Crippen molar-refractivity contribution in [1.29, 1.82) is 0 Å². The SMILES string of the molecule is CNC(=O)c1cccnc1N1C[C@H](c2ccccc2C)C[C@H]1C. The first-order valence-corrected chi connectivity index (χ1v) is 8.11. The Bertz CT molecular complexity index is 713. The molecule has 0 unspecified atom stereocenters. The molecular weight excluding hydrogens is 286 g/mol. The number of amides is 1. The highest BCUT2D eigenvalue weighted by molar-refractivity contribution is 5.98. The lowest BCUT2D eigenvalue weighted by molar-refractivity contribution is 0.0963. The van der Waals surface area contributed by atoms with Gasteiger partial charge in [0.15, 0.2) is 0 Å². The summed E-state index contributed by atoms with van der Waals surface area (Å²) in [6.07, 6.45) is 2.84. The minimum Gasteiger partial charge on any atom is -0.355 e. The van der Waals surface area contributed by atoms with Crippen molar-refractivity contribution in [2.24, 2.45) is 0 Å². The molecule has 1 aliphatic heterocycles. The van der Waals surface area contributed by atoms with Crippen LogP contribution in [0.25, 0.3) is 0 Å². The largest absolute Gasteiger partial charge is 0.355 e. The predicted molar refractivity (Wildman–Crippen MR) is 93.0 cm³/mol. The van der Waals surface area contributed by atoms with E-state index in [2.05, 4.69) is 53.3 Å². The Labute approximate surface area is 137 Å². The molecule has 1 aliphatic rings. The first kappa shape index (κ1) is 15.5. The van der Waals surface area contributed by atoms with Gasteiger partial charge in [0.25, 0.3) is 5.91 Å². The van der Waals surface area contributed by atoms with Gasteiger partial charge in [0.05, 0.1) is 5.56 Å². The van der Waals surface area contributed by atoms with Crippen LogP contribution >= 0.6 is 0 Å². The van der Waals surface area contributed by atoms with Crippen LogP contribution in [0.5, 0.6) is 0 Å². The topological polar surface area (TPSA) is 45.2 Å². The van der Waals surface area contributed by atoms with Crippen molar-refractivity contribution in [3.05, 3.63) is 59.3 Å². The van der Waals surface area contributed by atoms with E-state index in [0.29, 0.717) is 17.5 Å². The smallest absolute Gasteiger partial charge is 0.254 e. The van der Waals surface area contributed by atoms with Crippen LogP contribution in [0.2, 0.25) is 0 Å². The molecule has 2 aromatic rings. The Morgan fingerprint density at radius 3 is 2.78 bits per heavy atom. The van der Waals surface area contributed by atoms with Gasteiger partial charge in [-0.15, -0.1) is 0 Å². The van der Waals surface area contributed by atoms with Crippen molar-refractivity contribution in [2.45, 2.75) is 32.2 Å². The molecule has 0 spiro atoms. The van der Waals surface area contributed by atoms with Gasteiger partial charge < -0.3 is 10.2 Å². The molecule has 1 saturated heterocycles. The zero-order chi connectivity index (χ0) is 16.4. The number of aryl methyl sites for hydroxylation is 1. The number of hydrogen-bond acceptors (Lipinski definition) is 3. The summed E-state index contributed by atoms with van der Waals surface area (Å²) >= 11 is 0. The molecule has 1 amide bonds. The Hall–Kier alpha value is -2.36. The molecule has 2 heterocycles. The first-order valence-electron chi connectivity index (χ1n) is 8.11. The Morgan fingerprint density at radius 1 is 1.26 bits per heavy atom. The average Bonchev–Trinajstić information content (AvgIpc) is 2.96. The van der Waals surface area contributed by atoms with Crippen molar-refractivity contribution >= 4 is 11.7 Å². The second-order valence-electron chi connectivity index (χ2n) is 6.24. The highest BCUT2D eigenvalue weighted by Gasteiger charge is 2.33. The van der Waals surface area contributed by atoms with Gasteiger partial charge in [0.2, 0.25) is 0 Å². The highest BCUT2D eigenvalue weighted by atomic mass is 16.1. The number of aromatic nitrogens is 1. The van der Waals surface area contributed by atoms with E-state index in [0.717, 1.165) is 18.8 Å². The van der Waals surface area contributed by atoms with E-state index >= 15 is 0 Å². The highest BCUT2D eigenvalue weighted by Crippen LogP contribution is 2.36. The van der Waals surface area contributed by atoms with Crippen LogP contribution in [0, 0.1) is 6.92 Å². The predicted octanol–water partition coefficient (Wildman–Crippen LogP) is 3.13. The van der Waals surface area contributed by atoms with Crippen molar-refractivity contribution < 1.29 is 4.79 Å². The fourth-order valence-corrected chi connectivity index (χ4v) is 3.53. The summed E-state index contributed by atoms with van der Waals surface area (Å²) in [5.41, 5.74) is 3.38. The molecular formula is C19H23N3O. The Balaban J connectivity index is 1.91. The van der Waals surface area contributed by atoms with E-state index in [-0.39, 0.29) is 5.91 Å². The van der Waals surface area contributed by atoms with E-state index in [1.165, 1.54) is 11.1 Å². The van der Waals surface area contributed by atoms with Crippen LogP contribution in [0.15, 0.2) is 42.6 Å². The summed E-state index contributed by atoms with van der Waals surface area (Å²) in [5.74, 6) is 1.18. The summed E-state index contributed by atoms with van der Waals surface area (Å²) in [7, 11) is 1.66. The van der Waals surface area contributed by atoms with Gasteiger partial charge in [-0.1, -0.05) is 24.3 Å². The van der Waals surface area contributed by atoms with Crippen molar-refractivity contribution in [1.82, 2.24) is 10.3 Å². The second kappa shape index (κ2) is 6.41. The Kier molecular flexibility index (Phi) is 4.33. The van der Waals surface area contributed by atoms with Crippen LogP contribution < -0.4 is 10.2 Å². The lowest BCUT2D eigenvalue weighted by Gasteiger charge is -2.24. The molecule has 1 aromatic carbocycles. The minimum atomic E-state index is -0.0837. The molecule has 0 aliphatic carbocycles. The van der Waals surface area contributed by atoms with E-state index < -0.39 is 0 Å². The molecule has 23 heavy (non-hydrogen) atoms. The van der Waals surface area contributed by atoms with Crippen LogP contribution in [-0.2, 0) is 0 Å². The zero-order valence-electron chi connectivity index (χ0n) is 13.9. The van der Waals surface area contributed by atoms with Crippen molar-refractivity contribution in [3.8, 4) is 0 Å². The fraction of sp³-hybridized carbons (Fsp3) is 0.368. The number of rotatable bonds is 3. The standard InChI is InChI=1S/C19H23N3O/c1-13-7-4-5-8-16(13)15-11-14(2)22(12-15)18-17(19(23)20-3)9-6-10-21-18/h4-10,14-15H,11-12H2,1-3H3,(H,20,23)/t14-,15-/m1/s1. The van der Waals surface area contributed by atoms with Gasteiger partial charge in [0.1, 0.15) is 5.82 Å². The first-order chi connectivity index (χ1) is 11.1. The van der Waals surface area contributed by atoms with Crippen LogP contribution in [0.1, 0.15) is 40.7 Å². The molecule has 3 rings (SSSR count). The molecule has 0 bridgehead atoms. The number of anilines is 1. The lowest BCUT2D eigenvalue weighted by Crippen LogP contribution is -2.31. The fourth-order valence-electron chi connectivity index (χ4n) is 3.53. The molecule has 1 N–H and O–H groups in total. The van der Waals surface area contributed by atoms with E-state index in [4.69, 9.17) is 0 Å². The van der Waals surface area contributed by atoms with Gasteiger partial charge in [-0.25, -0.2) is 4.98 Å². The molecule has 1 aromatic heterocycles. The van der Waals surface area contributed by atoms with Gasteiger partial charge >= 0.3 is 0 Å². The number of pyridine rings is 1. The van der Waals surface area contributed by atoms with Gasteiger partial charge in [-0.05, 0) is 43.5 Å². The third-order valence-electron chi connectivity index (χ3n) is 4.73. The summed E-state index contributed by atoms with van der Waals surface area (Å²) < 4.78 is 0. The summed E-state index contributed by atoms with van der Waals surface area (Å²) in [6, 6.07) is 12.6. The lowest BCUT2D eigenvalue weighted by atomic mass is 9.93. The Morgan fingerprint density at radius 2 is 2.04 bits per heavy atom. The normalized spacial score (nSPS) is 20.6. The average molecular weight is 309 g/mol. The van der Waals surface area contributed by atoms with Crippen molar-refractivity contribution in [2.75, 3.05) is 18.5 Å². The molecule has 120 valence electrons. The molecule has 2 atom stereocenters. The van der Waals surface area contributed by atoms with E-state index in [1.807, 2.05) is 12.1 Å². The molecule has 4 heteroatoms.